The summed E-state index contributed by atoms with van der Waals surface area (Å²) in [5, 5.41) is 65.2. The van der Waals surface area contributed by atoms with Crippen molar-refractivity contribution in [3.8, 4) is 23.1 Å². The molecule has 30 nitrogen and oxygen atoms in total. The highest BCUT2D eigenvalue weighted by Gasteiger charge is 2.29. The van der Waals surface area contributed by atoms with Crippen LogP contribution in [0.2, 0.25) is 0 Å². The quantitative estimate of drug-likeness (QED) is 0.0190. The molecule has 378 valence electrons. The van der Waals surface area contributed by atoms with E-state index in [9.17, 15) is 80.4 Å². The number of thioether (sulfide) groups is 1. The molecular weight excluding hydrogens is 1090 g/mol. The second-order valence-corrected chi connectivity index (χ2v) is 23.5. The molecule has 37 heteroatoms. The van der Waals surface area contributed by atoms with Crippen LogP contribution in [0.4, 0.5) is 33.6 Å². The Balaban J connectivity index is 1.41. The Labute approximate surface area is 407 Å². The zero-order valence-corrected chi connectivity index (χ0v) is 40.8. The standard InChI is InChI=1S/C34H30N10O20S7/c1-16-13-23(24(64-9-2-11-67(49,50)51)15-22(16)36-40-33-41-42-34(66-33)65-10-12-68(52,53)54)37-38-26-25(70(58,59)60)14-20-19(29(26)45)7-8-21(30(20)71(61,62)63)35-39-27-28(32(47)48)43-44(31(27)46)17-3-5-18(6-4-17)69(55,56)57/h3-8,13-15,45-46H,2,9-12H2,1H3,(H,47,48)(H,49,50,51)(H,52,53,54)(H,55,56,57)(H,58,59,60)(H,61,62,63). The van der Waals surface area contributed by atoms with Gasteiger partial charge in [-0.05, 0) is 67.4 Å². The molecule has 71 heavy (non-hydrogen) atoms. The summed E-state index contributed by atoms with van der Waals surface area (Å²) in [4.78, 5) is 8.92. The molecular formula is C34H30N10O20S7. The number of nitrogens with zero attached hydrogens (tertiary/aromatic N) is 10. The van der Waals surface area contributed by atoms with Crippen LogP contribution in [0.5, 0.6) is 17.4 Å². The molecule has 0 saturated carbocycles. The number of aromatic hydroxyl groups is 2. The molecule has 0 unspecified atom stereocenters. The number of aryl methyl sites for hydroxylation is 1. The number of phenols is 1. The molecule has 0 radical (unpaired) electrons. The summed E-state index contributed by atoms with van der Waals surface area (Å²) in [6, 6.07) is 8.40. The van der Waals surface area contributed by atoms with E-state index in [-0.39, 0.29) is 50.0 Å². The minimum Gasteiger partial charge on any atom is -0.505 e. The maximum absolute atomic E-state index is 12.9. The van der Waals surface area contributed by atoms with Gasteiger partial charge >= 0.3 is 5.97 Å². The lowest BCUT2D eigenvalue weighted by Gasteiger charge is -2.13. The zero-order valence-electron chi connectivity index (χ0n) is 35.0. The van der Waals surface area contributed by atoms with Crippen LogP contribution in [-0.2, 0) is 50.6 Å². The van der Waals surface area contributed by atoms with Crippen molar-refractivity contribution in [2.24, 2.45) is 30.7 Å². The molecule has 0 atom stereocenters. The van der Waals surface area contributed by atoms with Crippen LogP contribution < -0.4 is 4.74 Å². The fraction of sp³-hybridized carbons (Fsp3) is 0.176. The molecule has 0 bridgehead atoms. The first-order chi connectivity index (χ1) is 32.9. The lowest BCUT2D eigenvalue weighted by Crippen LogP contribution is -2.08. The first-order valence-corrected chi connectivity index (χ1v) is 28.1. The fourth-order valence-corrected chi connectivity index (χ4v) is 10.8. The van der Waals surface area contributed by atoms with Gasteiger partial charge in [0, 0.05) is 22.6 Å². The van der Waals surface area contributed by atoms with Gasteiger partial charge in [-0.2, -0.15) is 51.9 Å². The summed E-state index contributed by atoms with van der Waals surface area (Å²) in [5.74, 6) is -5.63. The largest absolute Gasteiger partial charge is 0.505 e. The molecule has 0 aliphatic heterocycles. The number of fused-ring (bicyclic) bond motifs is 1. The minimum atomic E-state index is -5.55. The minimum absolute atomic E-state index is 0.000388. The first kappa shape index (κ1) is 53.8. The number of azo groups is 3. The number of aromatic carboxylic acids is 1. The molecule has 6 aromatic rings. The highest BCUT2D eigenvalue weighted by atomic mass is 32.2. The van der Waals surface area contributed by atoms with Crippen molar-refractivity contribution in [2.75, 3.05) is 23.9 Å². The Morgan fingerprint density at radius 3 is 1.94 bits per heavy atom. The summed E-state index contributed by atoms with van der Waals surface area (Å²) in [5.41, 5.74) is -3.93. The van der Waals surface area contributed by atoms with Crippen molar-refractivity contribution in [2.45, 2.75) is 32.4 Å². The third-order valence-electron chi connectivity index (χ3n) is 8.92. The van der Waals surface area contributed by atoms with Gasteiger partial charge < -0.3 is 20.1 Å². The first-order valence-electron chi connectivity index (χ1n) is 18.7. The summed E-state index contributed by atoms with van der Waals surface area (Å²) >= 11 is 1.87. The van der Waals surface area contributed by atoms with E-state index in [1.165, 1.54) is 19.1 Å². The highest BCUT2D eigenvalue weighted by molar-refractivity contribution is 8.01. The van der Waals surface area contributed by atoms with E-state index in [0.717, 1.165) is 59.5 Å². The van der Waals surface area contributed by atoms with E-state index in [0.29, 0.717) is 10.7 Å². The van der Waals surface area contributed by atoms with E-state index < -0.39 is 135 Å². The Morgan fingerprint density at radius 1 is 0.704 bits per heavy atom. The Bertz CT molecular complexity index is 3790. The lowest BCUT2D eigenvalue weighted by molar-refractivity contribution is 0.0690. The van der Waals surface area contributed by atoms with Gasteiger partial charge in [-0.25, -0.2) is 4.79 Å². The van der Waals surface area contributed by atoms with E-state index in [2.05, 4.69) is 46.0 Å². The molecule has 2 aromatic heterocycles. The third-order valence-corrected chi connectivity index (χ3v) is 15.3. The third kappa shape index (κ3) is 13.5. The molecule has 0 saturated heterocycles. The molecule has 4 aromatic carbocycles. The Morgan fingerprint density at radius 2 is 1.34 bits per heavy atom. The van der Waals surface area contributed by atoms with Gasteiger partial charge in [0.05, 0.1) is 34.4 Å². The van der Waals surface area contributed by atoms with Crippen LogP contribution >= 0.6 is 23.1 Å². The average Bonchev–Trinajstić information content (AvgIpc) is 3.85. The van der Waals surface area contributed by atoms with Gasteiger partial charge in [-0.15, -0.1) is 40.9 Å². The summed E-state index contributed by atoms with van der Waals surface area (Å²) in [6.07, 6.45) is -0.277. The fourth-order valence-electron chi connectivity index (χ4n) is 5.83. The van der Waals surface area contributed by atoms with Crippen LogP contribution in [0.1, 0.15) is 22.5 Å². The molecule has 8 N–H and O–H groups in total. The van der Waals surface area contributed by atoms with Gasteiger partial charge in [0.15, 0.2) is 15.8 Å². The highest BCUT2D eigenvalue weighted by Crippen LogP contribution is 2.47. The van der Waals surface area contributed by atoms with Crippen molar-refractivity contribution in [1.82, 2.24) is 20.0 Å². The van der Waals surface area contributed by atoms with E-state index in [1.54, 1.807) is 0 Å². The van der Waals surface area contributed by atoms with Gasteiger partial charge in [-0.1, -0.05) is 23.1 Å². The molecule has 0 fully saturated rings. The molecule has 0 aliphatic carbocycles. The maximum Gasteiger partial charge on any atom is 0.358 e. The summed E-state index contributed by atoms with van der Waals surface area (Å²) in [6.45, 7) is 1.09. The predicted molar refractivity (Wildman–Crippen MR) is 245 cm³/mol. The van der Waals surface area contributed by atoms with Gasteiger partial charge in [-0.3, -0.25) is 22.8 Å². The van der Waals surface area contributed by atoms with Crippen molar-refractivity contribution in [1.29, 1.82) is 0 Å². The van der Waals surface area contributed by atoms with Crippen molar-refractivity contribution in [3.05, 3.63) is 65.9 Å². The molecule has 0 amide bonds. The average molecular weight is 1120 g/mol. The van der Waals surface area contributed by atoms with Gasteiger partial charge in [0.2, 0.25) is 11.6 Å². The zero-order chi connectivity index (χ0) is 52.4. The van der Waals surface area contributed by atoms with Crippen molar-refractivity contribution in [3.63, 3.8) is 0 Å². The van der Waals surface area contributed by atoms with Crippen molar-refractivity contribution >= 4 is 124 Å². The number of carboxylic acid groups (broad SMARTS) is 1. The van der Waals surface area contributed by atoms with Crippen LogP contribution in [0.15, 0.2) is 104 Å². The second-order valence-electron chi connectivity index (χ2n) is 13.9. The van der Waals surface area contributed by atoms with Crippen LogP contribution in [0, 0.1) is 6.92 Å². The van der Waals surface area contributed by atoms with Crippen molar-refractivity contribution < 1.29 is 89.7 Å². The number of benzene rings is 4. The topological polar surface area (TPSA) is 477 Å². The molecule has 6 rings (SSSR count). The number of rotatable bonds is 20. The van der Waals surface area contributed by atoms with Crippen LogP contribution in [0.25, 0.3) is 16.5 Å². The summed E-state index contributed by atoms with van der Waals surface area (Å²) in [7, 11) is -24.4. The second kappa shape index (κ2) is 20.7. The van der Waals surface area contributed by atoms with Gasteiger partial charge in [0.1, 0.15) is 32.6 Å². The number of hydrogen-bond donors (Lipinski definition) is 8. The molecule has 0 spiro atoms. The lowest BCUT2D eigenvalue weighted by atomic mass is 10.1. The smallest absolute Gasteiger partial charge is 0.358 e. The van der Waals surface area contributed by atoms with E-state index >= 15 is 0 Å². The van der Waals surface area contributed by atoms with E-state index in [1.807, 2.05) is 0 Å². The number of aromatic nitrogens is 4. The monoisotopic (exact) mass is 1120 g/mol. The predicted octanol–water partition coefficient (Wildman–Crippen LogP) is 5.92. The Kier molecular flexibility index (Phi) is 15.7. The normalized spacial score (nSPS) is 13.0. The summed E-state index contributed by atoms with van der Waals surface area (Å²) < 4.78 is 174. The number of carbonyl (C=O) groups is 1. The molecule has 0 aliphatic rings. The van der Waals surface area contributed by atoms with Crippen LogP contribution in [-0.4, -0.2) is 130 Å². The Hall–Kier alpha value is -6.52. The number of ether oxygens (including phenoxy) is 1. The number of hydrogen-bond acceptors (Lipinski definition) is 25. The maximum atomic E-state index is 12.9. The van der Waals surface area contributed by atoms with E-state index in [4.69, 9.17) is 9.29 Å². The number of phenolic OH excluding ortho intramolecular Hbond substituents is 1. The van der Waals surface area contributed by atoms with Gasteiger partial charge in [0.25, 0.3) is 55.7 Å². The number of carboxylic acids is 1. The SMILES string of the molecule is Cc1cc(N=Nc2c(S(=O)(=O)O)cc3c(S(=O)(=O)O)c(N=Nc4c(C(=O)O)nn(-c5ccc(S(=O)(=O)O)cc5)c4O)ccc3c2O)c(OCCCS(=O)(=O)O)cc1N=Nc1nnc(SCCS(=O)(=O)O)s1. The van der Waals surface area contributed by atoms with Crippen LogP contribution in [0.3, 0.4) is 0 Å². The molecule has 2 heterocycles.